The van der Waals surface area contributed by atoms with E-state index >= 15 is 0 Å². The van der Waals surface area contributed by atoms with Crippen LogP contribution in [0.4, 0.5) is 5.82 Å². The smallest absolute Gasteiger partial charge is 0.263 e. The molecule has 0 saturated heterocycles. The van der Waals surface area contributed by atoms with Crippen molar-refractivity contribution < 1.29 is 18.7 Å². The summed E-state index contributed by atoms with van der Waals surface area (Å²) in [7, 11) is 1.74. The second-order valence-electron chi connectivity index (χ2n) is 6.83. The number of amides is 2. The molecule has 0 aliphatic carbocycles. The lowest BCUT2D eigenvalue weighted by atomic mass is 10.1. The summed E-state index contributed by atoms with van der Waals surface area (Å²) in [5.74, 6) is 1.29. The number of benzene rings is 1. The van der Waals surface area contributed by atoms with Gasteiger partial charge in [-0.1, -0.05) is 25.1 Å². The number of hydrogen-bond donors (Lipinski definition) is 1. The van der Waals surface area contributed by atoms with Crippen LogP contribution in [0.1, 0.15) is 23.8 Å². The number of carbonyl (C=O) groups excluding carboxylic acids is 2. The average Bonchev–Trinajstić information content (AvgIpc) is 3.08. The highest BCUT2D eigenvalue weighted by atomic mass is 16.5. The number of ether oxygens (including phenoxy) is 1. The molecule has 0 bridgehead atoms. The molecule has 1 aromatic carbocycles. The molecule has 29 heavy (non-hydrogen) atoms. The number of nitrogens with one attached hydrogen (secondary N) is 1. The molecule has 7 heteroatoms. The van der Waals surface area contributed by atoms with Crippen molar-refractivity contribution in [1.82, 2.24) is 9.88 Å². The number of pyridine rings is 1. The Bertz CT molecular complexity index is 1120. The highest BCUT2D eigenvalue weighted by Gasteiger charge is 2.18. The minimum absolute atomic E-state index is 0.0409. The molecule has 1 aliphatic rings. The third-order valence-corrected chi connectivity index (χ3v) is 4.80. The molecular formula is C22H21N3O4. The maximum atomic E-state index is 12.6. The molecule has 2 amide bonds. The van der Waals surface area contributed by atoms with Crippen molar-refractivity contribution in [3.8, 4) is 5.75 Å². The van der Waals surface area contributed by atoms with Crippen LogP contribution in [0.3, 0.4) is 0 Å². The van der Waals surface area contributed by atoms with E-state index in [-0.39, 0.29) is 18.4 Å². The number of anilines is 1. The molecule has 1 N–H and O–H groups in total. The predicted octanol–water partition coefficient (Wildman–Crippen LogP) is 3.39. The molecule has 4 rings (SSSR count). The van der Waals surface area contributed by atoms with Gasteiger partial charge in [-0.3, -0.25) is 9.59 Å². The van der Waals surface area contributed by atoms with Gasteiger partial charge in [0, 0.05) is 30.3 Å². The Hall–Kier alpha value is -3.61. The number of nitrogens with zero attached hydrogens (tertiary/aromatic N) is 2. The van der Waals surface area contributed by atoms with Gasteiger partial charge in [0.05, 0.1) is 6.54 Å². The Morgan fingerprint density at radius 1 is 1.34 bits per heavy atom. The molecule has 0 radical (unpaired) electrons. The van der Waals surface area contributed by atoms with Crippen molar-refractivity contribution in [2.45, 2.75) is 19.9 Å². The van der Waals surface area contributed by atoms with Gasteiger partial charge in [0.15, 0.2) is 18.2 Å². The Morgan fingerprint density at radius 2 is 2.17 bits per heavy atom. The number of para-hydroxylation sites is 1. The first-order valence-corrected chi connectivity index (χ1v) is 9.40. The maximum Gasteiger partial charge on any atom is 0.263 e. The van der Waals surface area contributed by atoms with Gasteiger partial charge < -0.3 is 19.4 Å². The van der Waals surface area contributed by atoms with Crippen molar-refractivity contribution in [3.63, 3.8) is 0 Å². The Labute approximate surface area is 168 Å². The Morgan fingerprint density at radius 3 is 3.00 bits per heavy atom. The highest BCUT2D eigenvalue weighted by Crippen LogP contribution is 2.28. The third-order valence-electron chi connectivity index (χ3n) is 4.80. The first kappa shape index (κ1) is 18.7. The summed E-state index contributed by atoms with van der Waals surface area (Å²) >= 11 is 0. The molecule has 0 saturated carbocycles. The SMILES string of the molecule is CCc1c(CN(C)C(=O)C=Cc2cnc3c(c2)OCC(=O)N3)oc2ccccc12. The first-order valence-electron chi connectivity index (χ1n) is 9.40. The van der Waals surface area contributed by atoms with E-state index in [1.807, 2.05) is 24.3 Å². The van der Waals surface area contributed by atoms with Crippen molar-refractivity contribution in [3.05, 3.63) is 59.5 Å². The first-order chi connectivity index (χ1) is 14.0. The lowest BCUT2D eigenvalue weighted by Gasteiger charge is -2.17. The largest absolute Gasteiger partial charge is 0.480 e. The summed E-state index contributed by atoms with van der Waals surface area (Å²) in [6, 6.07) is 9.64. The third kappa shape index (κ3) is 3.85. The second-order valence-corrected chi connectivity index (χ2v) is 6.83. The molecular weight excluding hydrogens is 370 g/mol. The normalized spacial score (nSPS) is 13.2. The molecule has 0 unspecified atom stereocenters. The van der Waals surface area contributed by atoms with Gasteiger partial charge in [0.1, 0.15) is 11.3 Å². The standard InChI is InChI=1S/C22H21N3O4/c1-3-15-16-6-4-5-7-17(16)29-19(15)12-25(2)21(27)9-8-14-10-18-22(23-11-14)24-20(26)13-28-18/h4-11H,3,12-13H2,1-2H3,(H,23,24,26). The van der Waals surface area contributed by atoms with E-state index < -0.39 is 0 Å². The fourth-order valence-corrected chi connectivity index (χ4v) is 3.32. The van der Waals surface area contributed by atoms with Gasteiger partial charge in [-0.05, 0) is 30.2 Å². The number of aryl methyl sites for hydroxylation is 1. The highest BCUT2D eigenvalue weighted by molar-refractivity contribution is 5.95. The van der Waals surface area contributed by atoms with Crippen molar-refractivity contribution in [2.75, 3.05) is 19.0 Å². The zero-order valence-electron chi connectivity index (χ0n) is 16.3. The monoisotopic (exact) mass is 391 g/mol. The molecule has 3 aromatic rings. The molecule has 0 spiro atoms. The number of rotatable bonds is 5. The fraction of sp³-hybridized carbons (Fsp3) is 0.227. The van der Waals surface area contributed by atoms with Gasteiger partial charge in [-0.15, -0.1) is 0 Å². The van der Waals surface area contributed by atoms with Crippen LogP contribution in [0.15, 0.2) is 47.0 Å². The van der Waals surface area contributed by atoms with E-state index in [9.17, 15) is 9.59 Å². The summed E-state index contributed by atoms with van der Waals surface area (Å²) < 4.78 is 11.3. The lowest BCUT2D eigenvalue weighted by Crippen LogP contribution is -2.26. The van der Waals surface area contributed by atoms with Crippen LogP contribution in [0, 0.1) is 0 Å². The van der Waals surface area contributed by atoms with Crippen molar-refractivity contribution in [2.24, 2.45) is 0 Å². The zero-order chi connectivity index (χ0) is 20.4. The lowest BCUT2D eigenvalue weighted by molar-refractivity contribution is -0.125. The number of furan rings is 1. The zero-order valence-corrected chi connectivity index (χ0v) is 16.3. The molecule has 0 fully saturated rings. The van der Waals surface area contributed by atoms with Gasteiger partial charge in [-0.2, -0.15) is 0 Å². The van der Waals surface area contributed by atoms with Crippen LogP contribution in [-0.4, -0.2) is 35.4 Å². The predicted molar refractivity (Wildman–Crippen MR) is 109 cm³/mol. The average molecular weight is 391 g/mol. The van der Waals surface area contributed by atoms with E-state index in [1.54, 1.807) is 30.3 Å². The number of hydrogen-bond acceptors (Lipinski definition) is 5. The van der Waals surface area contributed by atoms with Crippen LogP contribution < -0.4 is 10.1 Å². The minimum atomic E-state index is -0.234. The molecule has 7 nitrogen and oxygen atoms in total. The van der Waals surface area contributed by atoms with E-state index in [2.05, 4.69) is 17.2 Å². The quantitative estimate of drug-likeness (QED) is 0.674. The minimum Gasteiger partial charge on any atom is -0.480 e. The summed E-state index contributed by atoms with van der Waals surface area (Å²) in [4.78, 5) is 29.6. The summed E-state index contributed by atoms with van der Waals surface area (Å²) in [5, 5.41) is 3.73. The Kier molecular flexibility index (Phi) is 5.03. The van der Waals surface area contributed by atoms with E-state index in [4.69, 9.17) is 9.15 Å². The van der Waals surface area contributed by atoms with Crippen LogP contribution in [-0.2, 0) is 22.6 Å². The number of carbonyl (C=O) groups is 2. The number of fused-ring (bicyclic) bond motifs is 2. The van der Waals surface area contributed by atoms with Crippen LogP contribution in [0.5, 0.6) is 5.75 Å². The van der Waals surface area contributed by atoms with Crippen LogP contribution in [0.25, 0.3) is 17.0 Å². The molecule has 148 valence electrons. The second kappa shape index (κ2) is 7.79. The van der Waals surface area contributed by atoms with Gasteiger partial charge >= 0.3 is 0 Å². The van der Waals surface area contributed by atoms with Crippen molar-refractivity contribution in [1.29, 1.82) is 0 Å². The fourth-order valence-electron chi connectivity index (χ4n) is 3.32. The molecule has 2 aromatic heterocycles. The van der Waals surface area contributed by atoms with E-state index in [0.717, 1.165) is 28.7 Å². The maximum absolute atomic E-state index is 12.6. The topological polar surface area (TPSA) is 84.7 Å². The number of aromatic nitrogens is 1. The van der Waals surface area contributed by atoms with Gasteiger partial charge in [-0.25, -0.2) is 4.98 Å². The van der Waals surface area contributed by atoms with Crippen molar-refractivity contribution >= 4 is 34.7 Å². The van der Waals surface area contributed by atoms with Gasteiger partial charge in [0.25, 0.3) is 5.91 Å². The Balaban J connectivity index is 1.47. The molecule has 3 heterocycles. The molecule has 1 aliphatic heterocycles. The summed E-state index contributed by atoms with van der Waals surface area (Å²) in [6.45, 7) is 2.43. The van der Waals surface area contributed by atoms with E-state index in [1.165, 1.54) is 6.08 Å². The summed E-state index contributed by atoms with van der Waals surface area (Å²) in [5.41, 5.74) is 2.67. The van der Waals surface area contributed by atoms with Crippen LogP contribution >= 0.6 is 0 Å². The summed E-state index contributed by atoms with van der Waals surface area (Å²) in [6.07, 6.45) is 5.57. The molecule has 0 atom stereocenters. The van der Waals surface area contributed by atoms with Crippen LogP contribution in [0.2, 0.25) is 0 Å². The van der Waals surface area contributed by atoms with Gasteiger partial charge in [0.2, 0.25) is 5.91 Å². The van der Waals surface area contributed by atoms with E-state index in [0.29, 0.717) is 23.7 Å². The number of likely N-dealkylation sites (N-methyl/N-ethyl adjacent to an activating group) is 1.